The van der Waals surface area contributed by atoms with E-state index in [0.29, 0.717) is 12.1 Å². The van der Waals surface area contributed by atoms with Crippen LogP contribution in [0.4, 0.5) is 0 Å². The summed E-state index contributed by atoms with van der Waals surface area (Å²) in [5.74, 6) is -0.345. The van der Waals surface area contributed by atoms with Gasteiger partial charge in [0.15, 0.2) is 0 Å². The molecule has 0 fully saturated rings. The number of nitriles is 1. The molecule has 24 heavy (non-hydrogen) atoms. The Labute approximate surface area is 141 Å². The first kappa shape index (κ1) is 17.2. The van der Waals surface area contributed by atoms with Crippen molar-refractivity contribution in [2.24, 2.45) is 0 Å². The topological polar surface area (TPSA) is 73.2 Å². The molecule has 2 rings (SSSR count). The molecule has 5 heteroatoms. The molecule has 0 spiro atoms. The van der Waals surface area contributed by atoms with E-state index >= 15 is 0 Å². The Bertz CT molecular complexity index is 733. The van der Waals surface area contributed by atoms with Crippen molar-refractivity contribution in [2.45, 2.75) is 13.0 Å². The van der Waals surface area contributed by atoms with Crippen LogP contribution in [0.2, 0.25) is 0 Å². The second kappa shape index (κ2) is 8.49. The first-order valence-electron chi connectivity index (χ1n) is 7.62. The van der Waals surface area contributed by atoms with Crippen molar-refractivity contribution < 1.29 is 9.59 Å². The summed E-state index contributed by atoms with van der Waals surface area (Å²) in [4.78, 5) is 25.5. The molecule has 5 nitrogen and oxygen atoms in total. The Hall–Kier alpha value is -3.13. The second-order valence-corrected chi connectivity index (χ2v) is 5.50. The fourth-order valence-electron chi connectivity index (χ4n) is 2.20. The molecule has 0 aliphatic carbocycles. The highest BCUT2D eigenvalue weighted by molar-refractivity contribution is 5.85. The van der Waals surface area contributed by atoms with Gasteiger partial charge in [0.2, 0.25) is 11.8 Å². The molecule has 122 valence electrons. The van der Waals surface area contributed by atoms with Crippen molar-refractivity contribution in [1.82, 2.24) is 10.2 Å². The van der Waals surface area contributed by atoms with Gasteiger partial charge in [-0.2, -0.15) is 5.26 Å². The van der Waals surface area contributed by atoms with Gasteiger partial charge in [-0.15, -0.1) is 0 Å². The fourth-order valence-corrected chi connectivity index (χ4v) is 2.20. The summed E-state index contributed by atoms with van der Waals surface area (Å²) in [6.45, 7) is 0.400. The molecule has 2 amide bonds. The lowest BCUT2D eigenvalue weighted by atomic mass is 10.1. The van der Waals surface area contributed by atoms with E-state index in [4.69, 9.17) is 5.26 Å². The van der Waals surface area contributed by atoms with Gasteiger partial charge >= 0.3 is 0 Å². The average Bonchev–Trinajstić information content (AvgIpc) is 2.61. The number of hydrogen-bond acceptors (Lipinski definition) is 3. The van der Waals surface area contributed by atoms with Crippen molar-refractivity contribution >= 4 is 11.8 Å². The molecule has 1 N–H and O–H groups in total. The zero-order valence-corrected chi connectivity index (χ0v) is 13.5. The summed E-state index contributed by atoms with van der Waals surface area (Å²) in [6, 6.07) is 18.5. The van der Waals surface area contributed by atoms with Crippen LogP contribution in [0.3, 0.4) is 0 Å². The maximum absolute atomic E-state index is 12.1. The molecular weight excluding hydrogens is 302 g/mol. The van der Waals surface area contributed by atoms with E-state index in [9.17, 15) is 9.59 Å². The van der Waals surface area contributed by atoms with Crippen LogP contribution in [0.25, 0.3) is 0 Å². The predicted molar refractivity (Wildman–Crippen MR) is 90.8 cm³/mol. The van der Waals surface area contributed by atoms with Crippen LogP contribution in [0.1, 0.15) is 16.7 Å². The lowest BCUT2D eigenvalue weighted by Crippen LogP contribution is -2.38. The Morgan fingerprint density at radius 2 is 1.71 bits per heavy atom. The van der Waals surface area contributed by atoms with E-state index in [1.807, 2.05) is 42.5 Å². The zero-order valence-electron chi connectivity index (χ0n) is 13.5. The van der Waals surface area contributed by atoms with Crippen LogP contribution in [0.5, 0.6) is 0 Å². The van der Waals surface area contributed by atoms with E-state index in [1.54, 1.807) is 24.1 Å². The zero-order chi connectivity index (χ0) is 17.4. The van der Waals surface area contributed by atoms with Crippen molar-refractivity contribution in [2.75, 3.05) is 13.6 Å². The molecule has 0 saturated carbocycles. The van der Waals surface area contributed by atoms with E-state index in [-0.39, 0.29) is 24.8 Å². The van der Waals surface area contributed by atoms with E-state index in [2.05, 4.69) is 11.4 Å². The highest BCUT2D eigenvalue weighted by Crippen LogP contribution is 2.06. The maximum atomic E-state index is 12.1. The van der Waals surface area contributed by atoms with Gasteiger partial charge in [0.25, 0.3) is 0 Å². The number of benzene rings is 2. The molecule has 0 radical (unpaired) electrons. The summed E-state index contributed by atoms with van der Waals surface area (Å²) >= 11 is 0. The molecule has 0 atom stereocenters. The monoisotopic (exact) mass is 321 g/mol. The van der Waals surface area contributed by atoms with Crippen LogP contribution < -0.4 is 5.32 Å². The van der Waals surface area contributed by atoms with Gasteiger partial charge in [0.05, 0.1) is 24.6 Å². The van der Waals surface area contributed by atoms with Gasteiger partial charge in [0.1, 0.15) is 0 Å². The van der Waals surface area contributed by atoms with Crippen LogP contribution in [-0.4, -0.2) is 30.3 Å². The molecule has 0 aromatic heterocycles. The second-order valence-electron chi connectivity index (χ2n) is 5.50. The number of carbonyl (C=O) groups is 2. The van der Waals surface area contributed by atoms with Gasteiger partial charge in [-0.3, -0.25) is 9.59 Å². The van der Waals surface area contributed by atoms with Crippen LogP contribution in [0, 0.1) is 11.3 Å². The number of hydrogen-bond donors (Lipinski definition) is 1. The first-order valence-corrected chi connectivity index (χ1v) is 7.62. The van der Waals surface area contributed by atoms with Crippen LogP contribution in [0.15, 0.2) is 54.6 Å². The number of nitrogens with one attached hydrogen (secondary N) is 1. The lowest BCUT2D eigenvalue weighted by Gasteiger charge is -2.17. The van der Waals surface area contributed by atoms with Crippen molar-refractivity contribution in [3.05, 3.63) is 71.3 Å². The number of likely N-dealkylation sites (N-methyl/N-ethyl adjacent to an activating group) is 1. The van der Waals surface area contributed by atoms with Gasteiger partial charge in [-0.1, -0.05) is 42.5 Å². The summed E-state index contributed by atoms with van der Waals surface area (Å²) < 4.78 is 0. The predicted octanol–water partition coefficient (Wildman–Crippen LogP) is 1.88. The Morgan fingerprint density at radius 3 is 2.33 bits per heavy atom. The molecule has 0 aliphatic heterocycles. The summed E-state index contributed by atoms with van der Waals surface area (Å²) in [6.07, 6.45) is 0.257. The van der Waals surface area contributed by atoms with E-state index in [1.165, 1.54) is 0 Å². The molecule has 0 heterocycles. The van der Waals surface area contributed by atoms with Crippen LogP contribution in [-0.2, 0) is 22.6 Å². The van der Waals surface area contributed by atoms with Gasteiger partial charge < -0.3 is 10.2 Å². The fraction of sp³-hybridized carbons (Fsp3) is 0.211. The summed E-state index contributed by atoms with van der Waals surface area (Å²) in [7, 11) is 1.68. The van der Waals surface area contributed by atoms with Crippen molar-refractivity contribution in [3.8, 4) is 6.07 Å². The van der Waals surface area contributed by atoms with Crippen molar-refractivity contribution in [3.63, 3.8) is 0 Å². The number of amides is 2. The minimum absolute atomic E-state index is 0.0293. The third kappa shape index (κ3) is 5.25. The highest BCUT2D eigenvalue weighted by Gasteiger charge is 2.11. The summed E-state index contributed by atoms with van der Waals surface area (Å²) in [5.41, 5.74) is 2.43. The van der Waals surface area contributed by atoms with E-state index in [0.717, 1.165) is 11.1 Å². The first-order chi connectivity index (χ1) is 11.6. The summed E-state index contributed by atoms with van der Waals surface area (Å²) in [5, 5.41) is 11.4. The third-order valence-corrected chi connectivity index (χ3v) is 3.57. The molecule has 0 bridgehead atoms. The normalized spacial score (nSPS) is 9.83. The van der Waals surface area contributed by atoms with Crippen LogP contribution >= 0.6 is 0 Å². The molecule has 2 aromatic carbocycles. The Morgan fingerprint density at radius 1 is 1.04 bits per heavy atom. The molecule has 0 unspecified atom stereocenters. The molecule has 0 aliphatic rings. The quantitative estimate of drug-likeness (QED) is 0.883. The Kier molecular flexibility index (Phi) is 6.09. The maximum Gasteiger partial charge on any atom is 0.242 e. The van der Waals surface area contributed by atoms with Gasteiger partial charge in [-0.25, -0.2) is 0 Å². The third-order valence-electron chi connectivity index (χ3n) is 3.57. The number of nitrogens with zero attached hydrogens (tertiary/aromatic N) is 2. The standard InChI is InChI=1S/C19H19N3O2/c1-22(14-17-9-7-16(12-20)8-10-17)19(24)13-21-18(23)11-15-5-3-2-4-6-15/h2-10H,11,13-14H2,1H3,(H,21,23). The number of carbonyl (C=O) groups excluding carboxylic acids is 2. The smallest absolute Gasteiger partial charge is 0.242 e. The molecular formula is C19H19N3O2. The van der Waals surface area contributed by atoms with Crippen molar-refractivity contribution in [1.29, 1.82) is 5.26 Å². The molecule has 2 aromatic rings. The lowest BCUT2D eigenvalue weighted by molar-refractivity contribution is -0.132. The largest absolute Gasteiger partial charge is 0.347 e. The minimum Gasteiger partial charge on any atom is -0.347 e. The SMILES string of the molecule is CN(Cc1ccc(C#N)cc1)C(=O)CNC(=O)Cc1ccccc1. The van der Waals surface area contributed by atoms with E-state index < -0.39 is 0 Å². The van der Waals surface area contributed by atoms with Gasteiger partial charge in [-0.05, 0) is 23.3 Å². The Balaban J connectivity index is 1.78. The number of rotatable bonds is 6. The average molecular weight is 321 g/mol. The van der Waals surface area contributed by atoms with Gasteiger partial charge in [0, 0.05) is 13.6 Å². The minimum atomic E-state index is -0.179. The molecule has 0 saturated heterocycles. The highest BCUT2D eigenvalue weighted by atomic mass is 16.2.